The van der Waals surface area contributed by atoms with E-state index in [1.807, 2.05) is 30.3 Å². The Morgan fingerprint density at radius 1 is 1.43 bits per heavy atom. The lowest BCUT2D eigenvalue weighted by Gasteiger charge is -2.20. The Morgan fingerprint density at radius 2 is 2.00 bits per heavy atom. The third kappa shape index (κ3) is 2.85. The van der Waals surface area contributed by atoms with E-state index in [0.29, 0.717) is 6.42 Å². The van der Waals surface area contributed by atoms with Gasteiger partial charge in [-0.1, -0.05) is 30.3 Å². The number of hydrogen-bond donors (Lipinski definition) is 1. The van der Waals surface area contributed by atoms with Crippen molar-refractivity contribution in [2.45, 2.75) is 19.4 Å². The summed E-state index contributed by atoms with van der Waals surface area (Å²) in [6.45, 7) is 1.46. The van der Waals surface area contributed by atoms with Crippen LogP contribution in [0.1, 0.15) is 12.5 Å². The fourth-order valence-corrected chi connectivity index (χ4v) is 1.32. The molecule has 0 fully saturated rings. The van der Waals surface area contributed by atoms with Crippen LogP contribution in [0.15, 0.2) is 30.3 Å². The molecule has 3 heteroatoms. The van der Waals surface area contributed by atoms with Gasteiger partial charge in [-0.25, -0.2) is 0 Å². The Hall–Kier alpha value is -1.35. The van der Waals surface area contributed by atoms with Crippen molar-refractivity contribution in [1.82, 2.24) is 0 Å². The molecule has 14 heavy (non-hydrogen) atoms. The van der Waals surface area contributed by atoms with Crippen LogP contribution in [0.5, 0.6) is 0 Å². The first-order chi connectivity index (χ1) is 6.61. The normalized spacial score (nSPS) is 14.7. The molecule has 0 bridgehead atoms. The summed E-state index contributed by atoms with van der Waals surface area (Å²) in [7, 11) is 0. The van der Waals surface area contributed by atoms with Crippen molar-refractivity contribution < 1.29 is 15.0 Å². The van der Waals surface area contributed by atoms with Gasteiger partial charge in [0.25, 0.3) is 0 Å². The number of carboxylic acid groups (broad SMARTS) is 1. The molecule has 0 unspecified atom stereocenters. The van der Waals surface area contributed by atoms with E-state index in [1.54, 1.807) is 0 Å². The van der Waals surface area contributed by atoms with E-state index in [2.05, 4.69) is 0 Å². The minimum atomic E-state index is -1.20. The van der Waals surface area contributed by atoms with Crippen molar-refractivity contribution in [3.05, 3.63) is 35.9 Å². The molecule has 0 saturated heterocycles. The zero-order chi connectivity index (χ0) is 10.6. The highest BCUT2D eigenvalue weighted by Gasteiger charge is 2.16. The molecule has 1 aromatic carbocycles. The summed E-state index contributed by atoms with van der Waals surface area (Å²) in [5.41, 5.74) is 0.891. The largest absolute Gasteiger partial charge is 0.550 e. The molecule has 0 amide bonds. The predicted octanol–water partition coefficient (Wildman–Crippen LogP) is -0.0240. The molecule has 2 atom stereocenters. The highest BCUT2D eigenvalue weighted by Crippen LogP contribution is 2.11. The zero-order valence-corrected chi connectivity index (χ0v) is 8.01. The number of carbonyl (C=O) groups is 1. The van der Waals surface area contributed by atoms with Gasteiger partial charge in [0.05, 0.1) is 6.10 Å². The summed E-state index contributed by atoms with van der Waals surface area (Å²) in [5, 5.41) is 19.9. The van der Waals surface area contributed by atoms with Crippen LogP contribution in [0.3, 0.4) is 0 Å². The third-order valence-corrected chi connectivity index (χ3v) is 2.18. The van der Waals surface area contributed by atoms with E-state index in [9.17, 15) is 15.0 Å². The maximum atomic E-state index is 10.7. The maximum absolute atomic E-state index is 10.7. The fourth-order valence-electron chi connectivity index (χ4n) is 1.32. The molecule has 1 aromatic rings. The minimum Gasteiger partial charge on any atom is -0.550 e. The molecule has 0 aliphatic heterocycles. The molecule has 0 aliphatic rings. The Morgan fingerprint density at radius 3 is 2.43 bits per heavy atom. The smallest absolute Gasteiger partial charge is 0.0595 e. The molecule has 76 valence electrons. The molecule has 0 saturated carbocycles. The fraction of sp³-hybridized carbons (Fsp3) is 0.364. The van der Waals surface area contributed by atoms with Crippen molar-refractivity contribution in [2.24, 2.45) is 5.92 Å². The van der Waals surface area contributed by atoms with Crippen LogP contribution in [0.25, 0.3) is 0 Å². The van der Waals surface area contributed by atoms with Crippen molar-refractivity contribution in [1.29, 1.82) is 0 Å². The van der Waals surface area contributed by atoms with Gasteiger partial charge < -0.3 is 15.0 Å². The van der Waals surface area contributed by atoms with Gasteiger partial charge in [0.15, 0.2) is 0 Å². The molecular formula is C11H13O3-. The second kappa shape index (κ2) is 4.77. The molecule has 0 aliphatic carbocycles. The molecular weight excluding hydrogens is 180 g/mol. The lowest BCUT2D eigenvalue weighted by molar-refractivity contribution is -0.314. The second-order valence-corrected chi connectivity index (χ2v) is 3.36. The maximum Gasteiger partial charge on any atom is 0.0595 e. The van der Waals surface area contributed by atoms with Gasteiger partial charge >= 0.3 is 0 Å². The standard InChI is InChI=1S/C11H14O3/c1-8(12)10(11(13)14)7-9-5-3-2-4-6-9/h2-6,8,10,12H,7H2,1H3,(H,13,14)/p-1/t8-,10-/m1/s1. The molecule has 1 N–H and O–H groups in total. The van der Waals surface area contributed by atoms with Gasteiger partial charge in [-0.15, -0.1) is 0 Å². The van der Waals surface area contributed by atoms with E-state index >= 15 is 0 Å². The van der Waals surface area contributed by atoms with Crippen molar-refractivity contribution in [3.8, 4) is 0 Å². The Bertz CT molecular complexity index is 293. The van der Waals surface area contributed by atoms with E-state index in [0.717, 1.165) is 5.56 Å². The molecule has 3 nitrogen and oxygen atoms in total. The van der Waals surface area contributed by atoms with Crippen LogP contribution in [0.4, 0.5) is 0 Å². The van der Waals surface area contributed by atoms with Gasteiger partial charge in [0.1, 0.15) is 0 Å². The second-order valence-electron chi connectivity index (χ2n) is 3.36. The third-order valence-electron chi connectivity index (χ3n) is 2.18. The molecule has 0 aromatic heterocycles. The quantitative estimate of drug-likeness (QED) is 0.730. The summed E-state index contributed by atoms with van der Waals surface area (Å²) >= 11 is 0. The topological polar surface area (TPSA) is 60.4 Å². The van der Waals surface area contributed by atoms with Crippen LogP contribution in [0, 0.1) is 5.92 Å². The molecule has 0 radical (unpaired) electrons. The summed E-state index contributed by atoms with van der Waals surface area (Å²) < 4.78 is 0. The van der Waals surface area contributed by atoms with Crippen LogP contribution in [-0.4, -0.2) is 17.2 Å². The highest BCUT2D eigenvalue weighted by atomic mass is 16.4. The zero-order valence-electron chi connectivity index (χ0n) is 8.01. The summed E-state index contributed by atoms with van der Waals surface area (Å²) in [5.74, 6) is -2.04. The number of benzene rings is 1. The number of aliphatic hydroxyl groups excluding tert-OH is 1. The molecule has 1 rings (SSSR count). The molecule has 0 spiro atoms. The number of carboxylic acids is 1. The van der Waals surface area contributed by atoms with E-state index in [-0.39, 0.29) is 0 Å². The average Bonchev–Trinajstić information content (AvgIpc) is 2.15. The lowest BCUT2D eigenvalue weighted by Crippen LogP contribution is -2.38. The Labute approximate surface area is 83.0 Å². The van der Waals surface area contributed by atoms with Crippen molar-refractivity contribution in [2.75, 3.05) is 0 Å². The number of carbonyl (C=O) groups excluding carboxylic acids is 1. The first-order valence-electron chi connectivity index (χ1n) is 4.54. The highest BCUT2D eigenvalue weighted by molar-refractivity contribution is 5.68. The Balaban J connectivity index is 2.70. The van der Waals surface area contributed by atoms with Gasteiger partial charge in [-0.05, 0) is 18.9 Å². The van der Waals surface area contributed by atoms with E-state index in [4.69, 9.17) is 0 Å². The van der Waals surface area contributed by atoms with Crippen LogP contribution < -0.4 is 5.11 Å². The minimum absolute atomic E-state index is 0.306. The van der Waals surface area contributed by atoms with Crippen molar-refractivity contribution >= 4 is 5.97 Å². The number of rotatable bonds is 4. The van der Waals surface area contributed by atoms with Crippen molar-refractivity contribution in [3.63, 3.8) is 0 Å². The lowest BCUT2D eigenvalue weighted by atomic mass is 9.95. The number of aliphatic hydroxyl groups is 1. The Kier molecular flexibility index (Phi) is 3.65. The summed E-state index contributed by atoms with van der Waals surface area (Å²) in [6, 6.07) is 9.20. The summed E-state index contributed by atoms with van der Waals surface area (Å²) in [6.07, 6.45) is -0.582. The van der Waals surface area contributed by atoms with Crippen LogP contribution in [0.2, 0.25) is 0 Å². The van der Waals surface area contributed by atoms with Crippen LogP contribution in [-0.2, 0) is 11.2 Å². The predicted molar refractivity (Wildman–Crippen MR) is 50.3 cm³/mol. The van der Waals surface area contributed by atoms with Crippen LogP contribution >= 0.6 is 0 Å². The van der Waals surface area contributed by atoms with E-state index < -0.39 is 18.0 Å². The van der Waals surface area contributed by atoms with Gasteiger partial charge in [-0.2, -0.15) is 0 Å². The summed E-state index contributed by atoms with van der Waals surface area (Å²) in [4.78, 5) is 10.7. The first-order valence-corrected chi connectivity index (χ1v) is 4.54. The molecule has 0 heterocycles. The number of hydrogen-bond acceptors (Lipinski definition) is 3. The first kappa shape index (κ1) is 10.7. The SMILES string of the molecule is C[C@@H](O)[C@@H](Cc1ccccc1)C(=O)[O-]. The number of aliphatic carboxylic acids is 1. The van der Waals surface area contributed by atoms with E-state index in [1.165, 1.54) is 6.92 Å². The monoisotopic (exact) mass is 193 g/mol. The van der Waals surface area contributed by atoms with Gasteiger partial charge in [-0.3, -0.25) is 0 Å². The average molecular weight is 193 g/mol. The van der Waals surface area contributed by atoms with Gasteiger partial charge in [0, 0.05) is 11.9 Å². The van der Waals surface area contributed by atoms with Gasteiger partial charge in [0.2, 0.25) is 0 Å².